The van der Waals surface area contributed by atoms with Crippen LogP contribution >= 0.6 is 11.8 Å². The van der Waals surface area contributed by atoms with Crippen molar-refractivity contribution in [2.24, 2.45) is 7.05 Å². The van der Waals surface area contributed by atoms with Crippen molar-refractivity contribution in [2.45, 2.75) is 37.6 Å². The summed E-state index contributed by atoms with van der Waals surface area (Å²) in [6, 6.07) is 15.5. The number of aryl methyl sites for hydroxylation is 2. The third kappa shape index (κ3) is 5.16. The number of thioether (sulfide) groups is 1. The van der Waals surface area contributed by atoms with Gasteiger partial charge in [0.15, 0.2) is 10.9 Å². The number of carbonyl (C=O) groups is 2. The highest BCUT2D eigenvalue weighted by Gasteiger charge is 2.26. The molecule has 0 amide bonds. The van der Waals surface area contributed by atoms with Gasteiger partial charge in [0.1, 0.15) is 17.5 Å². The molecule has 0 spiro atoms. The Labute approximate surface area is 180 Å². The van der Waals surface area contributed by atoms with Gasteiger partial charge in [0.05, 0.1) is 6.61 Å². The predicted octanol–water partition coefficient (Wildman–Crippen LogP) is 4.25. The summed E-state index contributed by atoms with van der Waals surface area (Å²) in [4.78, 5) is 25.2. The number of esters is 1. The molecule has 0 aliphatic carbocycles. The highest BCUT2D eigenvalue weighted by Crippen LogP contribution is 2.37. The Balaban J connectivity index is 1.90. The van der Waals surface area contributed by atoms with E-state index in [1.807, 2.05) is 62.4 Å². The molecule has 1 heterocycles. The molecule has 0 unspecified atom stereocenters. The molecule has 0 aliphatic rings. The minimum absolute atomic E-state index is 0.00112. The first-order chi connectivity index (χ1) is 14.4. The number of aromatic nitrogens is 3. The lowest BCUT2D eigenvalue weighted by molar-refractivity contribution is -0.142. The molecule has 2 aromatic carbocycles. The smallest absolute Gasteiger partial charge is 0.313 e. The fraction of sp³-hybridized carbons (Fsp3) is 0.304. The summed E-state index contributed by atoms with van der Waals surface area (Å²) in [5.41, 5.74) is 3.77. The molecule has 0 aliphatic heterocycles. The lowest BCUT2D eigenvalue weighted by Crippen LogP contribution is -2.13. The van der Waals surface area contributed by atoms with Gasteiger partial charge in [0.2, 0.25) is 0 Å². The Morgan fingerprint density at radius 1 is 1.00 bits per heavy atom. The van der Waals surface area contributed by atoms with Crippen LogP contribution in [0.2, 0.25) is 0 Å². The second-order valence-corrected chi connectivity index (χ2v) is 8.15. The number of Topliss-reactive ketones (excluding diaryl/α,β-unsaturated/α-hetero) is 1. The maximum absolute atomic E-state index is 13.4. The van der Waals surface area contributed by atoms with Crippen LogP contribution in [-0.4, -0.2) is 33.1 Å². The first kappa shape index (κ1) is 21.8. The quantitative estimate of drug-likeness (QED) is 0.306. The topological polar surface area (TPSA) is 74.1 Å². The summed E-state index contributed by atoms with van der Waals surface area (Å²) in [6.45, 7) is 6.08. The van der Waals surface area contributed by atoms with E-state index >= 15 is 0 Å². The largest absolute Gasteiger partial charge is 0.466 e. The number of benzene rings is 2. The second-order valence-electron chi connectivity index (χ2n) is 7.08. The molecule has 0 saturated carbocycles. The third-order valence-electron chi connectivity index (χ3n) is 4.71. The Kier molecular flexibility index (Phi) is 7.05. The van der Waals surface area contributed by atoms with Crippen molar-refractivity contribution in [1.82, 2.24) is 14.8 Å². The standard InChI is InChI=1S/C23H25N3O3S/c1-5-29-20(27)14-19-24-25-23(26(19)4)30-22(18-12-8-16(3)9-13-18)21(28)17-10-6-15(2)7-11-17/h6-13,22H,5,14H2,1-4H3/t22-/m0/s1. The minimum atomic E-state index is -0.480. The van der Waals surface area contributed by atoms with Crippen LogP contribution in [0, 0.1) is 13.8 Å². The Morgan fingerprint density at radius 3 is 2.20 bits per heavy atom. The molecule has 6 nitrogen and oxygen atoms in total. The predicted molar refractivity (Wildman–Crippen MR) is 117 cm³/mol. The summed E-state index contributed by atoms with van der Waals surface area (Å²) in [5.74, 6) is 0.149. The lowest BCUT2D eigenvalue weighted by Gasteiger charge is -2.16. The average molecular weight is 424 g/mol. The normalized spacial score (nSPS) is 11.9. The molecule has 0 saturated heterocycles. The van der Waals surface area contributed by atoms with Crippen LogP contribution in [0.25, 0.3) is 0 Å². The molecule has 3 aromatic rings. The van der Waals surface area contributed by atoms with Crippen molar-refractivity contribution >= 4 is 23.5 Å². The van der Waals surface area contributed by atoms with Gasteiger partial charge in [-0.25, -0.2) is 0 Å². The molecule has 1 atom stereocenters. The summed E-state index contributed by atoms with van der Waals surface area (Å²) in [5, 5.41) is 8.43. The van der Waals surface area contributed by atoms with E-state index in [9.17, 15) is 9.59 Å². The van der Waals surface area contributed by atoms with E-state index in [2.05, 4.69) is 10.2 Å². The van der Waals surface area contributed by atoms with Crippen LogP contribution < -0.4 is 0 Å². The van der Waals surface area contributed by atoms with Gasteiger partial charge in [0.25, 0.3) is 0 Å². The monoisotopic (exact) mass is 423 g/mol. The first-order valence-electron chi connectivity index (χ1n) is 9.77. The van der Waals surface area contributed by atoms with E-state index in [0.29, 0.717) is 23.2 Å². The summed E-state index contributed by atoms with van der Waals surface area (Å²) in [6.07, 6.45) is 0.0407. The number of nitrogens with zero attached hydrogens (tertiary/aromatic N) is 3. The molecule has 0 bridgehead atoms. The number of hydrogen-bond donors (Lipinski definition) is 0. The van der Waals surface area contributed by atoms with Crippen molar-refractivity contribution in [3.8, 4) is 0 Å². The summed E-state index contributed by atoms with van der Waals surface area (Å²) in [7, 11) is 1.79. The number of hydrogen-bond acceptors (Lipinski definition) is 6. The number of carbonyl (C=O) groups excluding carboxylic acids is 2. The van der Waals surface area contributed by atoms with Crippen molar-refractivity contribution in [1.29, 1.82) is 0 Å². The van der Waals surface area contributed by atoms with E-state index in [4.69, 9.17) is 4.74 Å². The van der Waals surface area contributed by atoms with Gasteiger partial charge in [0, 0.05) is 12.6 Å². The van der Waals surface area contributed by atoms with Crippen LogP contribution in [-0.2, 0) is 23.0 Å². The van der Waals surface area contributed by atoms with Gasteiger partial charge in [-0.2, -0.15) is 0 Å². The van der Waals surface area contributed by atoms with Crippen LogP contribution in [0.5, 0.6) is 0 Å². The van der Waals surface area contributed by atoms with Crippen molar-refractivity contribution < 1.29 is 14.3 Å². The molecule has 1 aromatic heterocycles. The second kappa shape index (κ2) is 9.71. The van der Waals surface area contributed by atoms with Crippen LogP contribution in [0.1, 0.15) is 45.0 Å². The number of ketones is 1. The van der Waals surface area contributed by atoms with E-state index in [-0.39, 0.29) is 18.2 Å². The van der Waals surface area contributed by atoms with E-state index in [1.165, 1.54) is 11.8 Å². The van der Waals surface area contributed by atoms with E-state index < -0.39 is 5.25 Å². The Hall–Kier alpha value is -2.93. The third-order valence-corrected chi connectivity index (χ3v) is 6.00. The molecule has 3 rings (SSSR count). The van der Waals surface area contributed by atoms with Gasteiger partial charge in [-0.3, -0.25) is 9.59 Å². The van der Waals surface area contributed by atoms with Crippen LogP contribution in [0.3, 0.4) is 0 Å². The van der Waals surface area contributed by atoms with Crippen molar-refractivity contribution in [3.63, 3.8) is 0 Å². The van der Waals surface area contributed by atoms with Gasteiger partial charge >= 0.3 is 5.97 Å². The molecule has 0 N–H and O–H groups in total. The van der Waals surface area contributed by atoms with Crippen LogP contribution in [0.15, 0.2) is 53.7 Å². The molecule has 30 heavy (non-hydrogen) atoms. The Bertz CT molecular complexity index is 1030. The van der Waals surface area contributed by atoms with Gasteiger partial charge < -0.3 is 9.30 Å². The zero-order valence-electron chi connectivity index (χ0n) is 17.6. The van der Waals surface area contributed by atoms with Gasteiger partial charge in [-0.1, -0.05) is 71.4 Å². The lowest BCUT2D eigenvalue weighted by atomic mass is 10.0. The number of rotatable bonds is 8. The summed E-state index contributed by atoms with van der Waals surface area (Å²) >= 11 is 1.33. The molecular weight excluding hydrogens is 398 g/mol. The SMILES string of the molecule is CCOC(=O)Cc1nnc(S[C@H](C(=O)c2ccc(C)cc2)c2ccc(C)cc2)n1C. The van der Waals surface area contributed by atoms with E-state index in [1.54, 1.807) is 18.5 Å². The zero-order valence-corrected chi connectivity index (χ0v) is 18.4. The van der Waals surface area contributed by atoms with Gasteiger partial charge in [-0.15, -0.1) is 10.2 Å². The van der Waals surface area contributed by atoms with Crippen molar-refractivity contribution in [3.05, 3.63) is 76.6 Å². The highest BCUT2D eigenvalue weighted by atomic mass is 32.2. The average Bonchev–Trinajstić information content (AvgIpc) is 3.06. The molecule has 0 fully saturated rings. The Morgan fingerprint density at radius 2 is 1.60 bits per heavy atom. The highest BCUT2D eigenvalue weighted by molar-refractivity contribution is 8.00. The zero-order chi connectivity index (χ0) is 21.7. The van der Waals surface area contributed by atoms with Gasteiger partial charge in [-0.05, 0) is 26.3 Å². The van der Waals surface area contributed by atoms with Crippen LogP contribution in [0.4, 0.5) is 0 Å². The fourth-order valence-electron chi connectivity index (χ4n) is 2.93. The first-order valence-corrected chi connectivity index (χ1v) is 10.6. The fourth-order valence-corrected chi connectivity index (χ4v) is 4.03. The summed E-state index contributed by atoms with van der Waals surface area (Å²) < 4.78 is 6.74. The molecular formula is C23H25N3O3S. The number of ether oxygens (including phenoxy) is 1. The minimum Gasteiger partial charge on any atom is -0.466 e. The molecule has 156 valence electrons. The van der Waals surface area contributed by atoms with Crippen molar-refractivity contribution in [2.75, 3.05) is 6.61 Å². The maximum atomic E-state index is 13.4. The molecule has 7 heteroatoms. The maximum Gasteiger partial charge on any atom is 0.313 e. The van der Waals surface area contributed by atoms with E-state index in [0.717, 1.165) is 16.7 Å². The molecule has 0 radical (unpaired) electrons.